The summed E-state index contributed by atoms with van der Waals surface area (Å²) < 4.78 is 0. The van der Waals surface area contributed by atoms with Gasteiger partial charge in [-0.3, -0.25) is 0 Å². The van der Waals surface area contributed by atoms with Crippen LogP contribution in [0.25, 0.3) is 0 Å². The quantitative estimate of drug-likeness (QED) is 0.614. The first-order valence-electron chi connectivity index (χ1n) is 10.1. The standard InChI is InChI=1S/C26H27NO/c28-21-19-25-18-10-11-20-27(25)26(22-12-4-1-5-13-22,23-14-6-2-7-15-23)24-16-8-3-9-17-24/h1-9,12-17,19,28H,10-11,18,20-21H2. The van der Waals surface area contributed by atoms with Gasteiger partial charge in [0.1, 0.15) is 5.54 Å². The summed E-state index contributed by atoms with van der Waals surface area (Å²) in [6, 6.07) is 32.3. The van der Waals surface area contributed by atoms with E-state index in [1.165, 1.54) is 22.4 Å². The van der Waals surface area contributed by atoms with E-state index in [4.69, 9.17) is 0 Å². The van der Waals surface area contributed by atoms with Crippen LogP contribution in [0.15, 0.2) is 103 Å². The van der Waals surface area contributed by atoms with Crippen LogP contribution >= 0.6 is 0 Å². The van der Waals surface area contributed by atoms with Gasteiger partial charge < -0.3 is 10.0 Å². The molecule has 1 heterocycles. The fourth-order valence-electron chi connectivity index (χ4n) is 4.56. The minimum Gasteiger partial charge on any atom is -0.392 e. The highest BCUT2D eigenvalue weighted by molar-refractivity contribution is 5.51. The Balaban J connectivity index is 2.05. The molecule has 4 rings (SSSR count). The van der Waals surface area contributed by atoms with Gasteiger partial charge in [-0.1, -0.05) is 91.0 Å². The largest absolute Gasteiger partial charge is 0.392 e. The van der Waals surface area contributed by atoms with Gasteiger partial charge in [0, 0.05) is 12.2 Å². The summed E-state index contributed by atoms with van der Waals surface area (Å²) in [5, 5.41) is 9.71. The van der Waals surface area contributed by atoms with E-state index in [0.29, 0.717) is 0 Å². The monoisotopic (exact) mass is 369 g/mol. The average Bonchev–Trinajstić information content (AvgIpc) is 2.78. The van der Waals surface area contributed by atoms with Gasteiger partial charge in [-0.25, -0.2) is 0 Å². The molecule has 0 spiro atoms. The molecule has 3 aromatic rings. The average molecular weight is 370 g/mol. The Bertz CT molecular complexity index is 806. The Morgan fingerprint density at radius 3 is 1.61 bits per heavy atom. The second-order valence-electron chi connectivity index (χ2n) is 7.30. The Morgan fingerprint density at radius 1 is 0.714 bits per heavy atom. The SMILES string of the molecule is OCC=C1CCCCN1C(c1ccccc1)(c1ccccc1)c1ccccc1. The lowest BCUT2D eigenvalue weighted by Crippen LogP contribution is -2.49. The molecule has 0 aromatic heterocycles. The van der Waals surface area contributed by atoms with Crippen LogP contribution in [0.4, 0.5) is 0 Å². The Labute approximate surface area is 167 Å². The second-order valence-corrected chi connectivity index (χ2v) is 7.30. The van der Waals surface area contributed by atoms with Crippen LogP contribution in [-0.2, 0) is 5.54 Å². The zero-order chi connectivity index (χ0) is 19.2. The van der Waals surface area contributed by atoms with E-state index in [2.05, 4.69) is 95.9 Å². The molecular weight excluding hydrogens is 342 g/mol. The summed E-state index contributed by atoms with van der Waals surface area (Å²) in [7, 11) is 0. The van der Waals surface area contributed by atoms with Crippen LogP contribution < -0.4 is 0 Å². The molecule has 28 heavy (non-hydrogen) atoms. The third-order valence-electron chi connectivity index (χ3n) is 5.72. The maximum absolute atomic E-state index is 9.71. The number of nitrogens with zero attached hydrogens (tertiary/aromatic N) is 1. The predicted molar refractivity (Wildman–Crippen MR) is 115 cm³/mol. The van der Waals surface area contributed by atoms with E-state index >= 15 is 0 Å². The van der Waals surface area contributed by atoms with Crippen molar-refractivity contribution in [2.75, 3.05) is 13.2 Å². The lowest BCUT2D eigenvalue weighted by molar-refractivity contribution is 0.174. The number of likely N-dealkylation sites (tertiary alicyclic amines) is 1. The maximum atomic E-state index is 9.71. The normalized spacial score (nSPS) is 16.3. The molecule has 0 unspecified atom stereocenters. The summed E-state index contributed by atoms with van der Waals surface area (Å²) in [5.41, 5.74) is 4.55. The smallest absolute Gasteiger partial charge is 0.116 e. The second kappa shape index (κ2) is 8.45. The third kappa shape index (κ3) is 3.25. The highest BCUT2D eigenvalue weighted by atomic mass is 16.2. The number of aliphatic hydroxyl groups excluding tert-OH is 1. The van der Waals surface area contributed by atoms with Gasteiger partial charge >= 0.3 is 0 Å². The number of piperidine rings is 1. The molecule has 1 fully saturated rings. The van der Waals surface area contributed by atoms with Gasteiger partial charge in [-0.15, -0.1) is 0 Å². The van der Waals surface area contributed by atoms with E-state index in [-0.39, 0.29) is 6.61 Å². The zero-order valence-electron chi connectivity index (χ0n) is 16.2. The van der Waals surface area contributed by atoms with E-state index in [9.17, 15) is 5.11 Å². The molecular formula is C26H27NO. The van der Waals surface area contributed by atoms with Crippen LogP contribution in [0.3, 0.4) is 0 Å². The van der Waals surface area contributed by atoms with Gasteiger partial charge in [0.2, 0.25) is 0 Å². The van der Waals surface area contributed by atoms with E-state index in [1.54, 1.807) is 0 Å². The van der Waals surface area contributed by atoms with Crippen molar-refractivity contribution in [3.8, 4) is 0 Å². The molecule has 2 nitrogen and oxygen atoms in total. The van der Waals surface area contributed by atoms with Crippen molar-refractivity contribution in [1.82, 2.24) is 4.90 Å². The lowest BCUT2D eigenvalue weighted by Gasteiger charge is -2.50. The summed E-state index contributed by atoms with van der Waals surface area (Å²) >= 11 is 0. The highest BCUT2D eigenvalue weighted by Crippen LogP contribution is 2.46. The fourth-order valence-corrected chi connectivity index (χ4v) is 4.56. The third-order valence-corrected chi connectivity index (χ3v) is 5.72. The fraction of sp³-hybridized carbons (Fsp3) is 0.231. The van der Waals surface area contributed by atoms with Crippen LogP contribution in [0.5, 0.6) is 0 Å². The topological polar surface area (TPSA) is 23.5 Å². The van der Waals surface area contributed by atoms with Crippen LogP contribution in [0.2, 0.25) is 0 Å². The summed E-state index contributed by atoms with van der Waals surface area (Å²) in [6.45, 7) is 1.03. The number of rotatable bonds is 5. The van der Waals surface area contributed by atoms with E-state index < -0.39 is 5.54 Å². The molecule has 1 aliphatic heterocycles. The van der Waals surface area contributed by atoms with Gasteiger partial charge in [0.05, 0.1) is 6.61 Å². The molecule has 0 amide bonds. The summed E-state index contributed by atoms with van der Waals surface area (Å²) in [4.78, 5) is 2.52. The number of allylic oxidation sites excluding steroid dienone is 1. The lowest BCUT2D eigenvalue weighted by atomic mass is 9.74. The highest BCUT2D eigenvalue weighted by Gasteiger charge is 2.43. The molecule has 1 N–H and O–H groups in total. The molecule has 0 saturated carbocycles. The molecule has 2 heteroatoms. The van der Waals surface area contributed by atoms with Crippen molar-refractivity contribution in [2.45, 2.75) is 24.8 Å². The molecule has 3 aromatic carbocycles. The number of hydrogen-bond donors (Lipinski definition) is 1. The molecule has 1 aliphatic rings. The zero-order valence-corrected chi connectivity index (χ0v) is 16.2. The maximum Gasteiger partial charge on any atom is 0.116 e. The van der Waals surface area contributed by atoms with Crippen molar-refractivity contribution in [3.05, 3.63) is 119 Å². The van der Waals surface area contributed by atoms with Crippen molar-refractivity contribution >= 4 is 0 Å². The van der Waals surface area contributed by atoms with Gasteiger partial charge in [0.25, 0.3) is 0 Å². The van der Waals surface area contributed by atoms with Gasteiger partial charge in [-0.05, 0) is 42.0 Å². The number of aliphatic hydroxyl groups is 1. The minimum atomic E-state index is -0.425. The van der Waals surface area contributed by atoms with E-state index in [1.807, 2.05) is 6.08 Å². The molecule has 1 saturated heterocycles. The minimum absolute atomic E-state index is 0.0697. The number of hydrogen-bond acceptors (Lipinski definition) is 2. The van der Waals surface area contributed by atoms with Crippen LogP contribution in [-0.4, -0.2) is 23.2 Å². The van der Waals surface area contributed by atoms with Crippen molar-refractivity contribution in [1.29, 1.82) is 0 Å². The Morgan fingerprint density at radius 2 is 1.18 bits per heavy atom. The van der Waals surface area contributed by atoms with Gasteiger partial charge in [-0.2, -0.15) is 0 Å². The molecule has 0 bridgehead atoms. The first-order valence-corrected chi connectivity index (χ1v) is 10.1. The first kappa shape index (κ1) is 18.5. The summed E-state index contributed by atoms with van der Waals surface area (Å²) in [5.74, 6) is 0. The van der Waals surface area contributed by atoms with Crippen LogP contribution in [0.1, 0.15) is 36.0 Å². The predicted octanol–water partition coefficient (Wildman–Crippen LogP) is 5.34. The van der Waals surface area contributed by atoms with Crippen LogP contribution in [0, 0.1) is 0 Å². The van der Waals surface area contributed by atoms with Crippen molar-refractivity contribution < 1.29 is 5.11 Å². The molecule has 0 radical (unpaired) electrons. The molecule has 142 valence electrons. The summed E-state index contributed by atoms with van der Waals surface area (Å²) in [6.07, 6.45) is 5.30. The van der Waals surface area contributed by atoms with E-state index in [0.717, 1.165) is 25.8 Å². The van der Waals surface area contributed by atoms with Crippen molar-refractivity contribution in [3.63, 3.8) is 0 Å². The molecule has 0 aliphatic carbocycles. The van der Waals surface area contributed by atoms with Gasteiger partial charge in [0.15, 0.2) is 0 Å². The number of benzene rings is 3. The van der Waals surface area contributed by atoms with Crippen molar-refractivity contribution in [2.24, 2.45) is 0 Å². The first-order chi connectivity index (χ1) is 13.9. The Kier molecular flexibility index (Phi) is 5.59. The molecule has 0 atom stereocenters. The Hall–Kier alpha value is -2.84.